The van der Waals surface area contributed by atoms with E-state index in [0.717, 1.165) is 0 Å². The number of nitrogens with one attached hydrogen (secondary N) is 7. The molecule has 33 heavy (non-hydrogen) atoms. The minimum absolute atomic E-state index is 0.0512. The highest BCUT2D eigenvalue weighted by atomic mass is 16.2. The van der Waals surface area contributed by atoms with Crippen LogP contribution in [-0.2, 0) is 14.4 Å². The molecule has 0 spiro atoms. The van der Waals surface area contributed by atoms with Crippen molar-refractivity contribution in [1.29, 1.82) is 16.2 Å². The van der Waals surface area contributed by atoms with Crippen molar-refractivity contribution in [2.45, 2.75) is 50.2 Å². The van der Waals surface area contributed by atoms with Gasteiger partial charge in [-0.25, -0.2) is 0 Å². The summed E-state index contributed by atoms with van der Waals surface area (Å²) < 4.78 is 0. The molecule has 15 heteroatoms. The number of hydrogen-bond acceptors (Lipinski definition) is 8. The summed E-state index contributed by atoms with van der Waals surface area (Å²) in [6.07, 6.45) is 2.93. The van der Waals surface area contributed by atoms with E-state index in [2.05, 4.69) is 21.3 Å². The van der Waals surface area contributed by atoms with Crippen LogP contribution in [0.15, 0.2) is 0 Å². The Bertz CT molecular complexity index is 687. The fraction of sp³-hybridized carbons (Fsp3) is 0.667. The van der Waals surface area contributed by atoms with E-state index < -0.39 is 35.7 Å². The monoisotopic (exact) mass is 469 g/mol. The van der Waals surface area contributed by atoms with E-state index >= 15 is 0 Å². The Morgan fingerprint density at radius 2 is 1.36 bits per heavy atom. The first-order valence-electron chi connectivity index (χ1n) is 10.4. The van der Waals surface area contributed by atoms with Crippen LogP contribution in [-0.4, -0.2) is 73.6 Å². The molecule has 0 bridgehead atoms. The molecule has 1 radical (unpaired) electrons. The molecule has 0 aliphatic rings. The molecule has 1 amide bonds. The van der Waals surface area contributed by atoms with Gasteiger partial charge in [-0.05, 0) is 32.1 Å². The molecule has 0 saturated heterocycles. The van der Waals surface area contributed by atoms with Gasteiger partial charge in [0.2, 0.25) is 12.2 Å². The van der Waals surface area contributed by atoms with Crippen LogP contribution in [0.5, 0.6) is 0 Å². The Kier molecular flexibility index (Phi) is 14.5. The van der Waals surface area contributed by atoms with Gasteiger partial charge in [-0.1, -0.05) is 0 Å². The van der Waals surface area contributed by atoms with Crippen molar-refractivity contribution in [3.8, 4) is 0 Å². The van der Waals surface area contributed by atoms with Gasteiger partial charge in [0.05, 0.1) is 18.1 Å². The van der Waals surface area contributed by atoms with Crippen LogP contribution in [0.1, 0.15) is 32.1 Å². The van der Waals surface area contributed by atoms with Gasteiger partial charge < -0.3 is 49.9 Å². The summed E-state index contributed by atoms with van der Waals surface area (Å²) in [5.41, 5.74) is 27.3. The first-order chi connectivity index (χ1) is 15.5. The van der Waals surface area contributed by atoms with Crippen LogP contribution in [0.2, 0.25) is 0 Å². The van der Waals surface area contributed by atoms with Crippen molar-refractivity contribution in [1.82, 2.24) is 21.3 Å². The lowest BCUT2D eigenvalue weighted by Gasteiger charge is -2.26. The highest BCUT2D eigenvalue weighted by molar-refractivity contribution is 5.92. The summed E-state index contributed by atoms with van der Waals surface area (Å²) in [6, 6.07) is -2.88. The summed E-state index contributed by atoms with van der Waals surface area (Å²) in [4.78, 5) is 36.7. The third-order valence-corrected chi connectivity index (χ3v) is 4.62. The van der Waals surface area contributed by atoms with Crippen molar-refractivity contribution in [2.75, 3.05) is 19.6 Å². The SMILES string of the molecule is N=C(N)NCCC[C@@H](N)C(=O)N[C@@H](CCCNC(=N)N)C(=O)C(CNC(=N)N)C[C@@H](N)[C]=O. The fourth-order valence-electron chi connectivity index (χ4n) is 2.94. The Hall–Kier alpha value is -3.46. The van der Waals surface area contributed by atoms with Gasteiger partial charge >= 0.3 is 0 Å². The molecule has 0 aromatic rings. The predicted octanol–water partition coefficient (Wildman–Crippen LogP) is -4.18. The fourth-order valence-corrected chi connectivity index (χ4v) is 2.94. The summed E-state index contributed by atoms with van der Waals surface area (Å²) in [5.74, 6) is -2.54. The molecule has 15 nitrogen and oxygen atoms in total. The van der Waals surface area contributed by atoms with Gasteiger partial charge in [0.1, 0.15) is 0 Å². The van der Waals surface area contributed by atoms with E-state index in [9.17, 15) is 14.4 Å². The first-order valence-corrected chi connectivity index (χ1v) is 10.4. The van der Waals surface area contributed by atoms with Gasteiger partial charge in [-0.2, -0.15) is 0 Å². The Morgan fingerprint density at radius 1 is 0.848 bits per heavy atom. The summed E-state index contributed by atoms with van der Waals surface area (Å²) >= 11 is 0. The van der Waals surface area contributed by atoms with Gasteiger partial charge in [0.25, 0.3) is 0 Å². The molecule has 0 saturated carbocycles. The normalized spacial score (nSPS) is 14.1. The van der Waals surface area contributed by atoms with Gasteiger partial charge in [-0.15, -0.1) is 0 Å². The van der Waals surface area contributed by atoms with Crippen LogP contribution in [0.25, 0.3) is 0 Å². The molecule has 0 rings (SSSR count). The van der Waals surface area contributed by atoms with Crippen LogP contribution in [0, 0.1) is 22.1 Å². The topological polar surface area (TPSA) is 301 Å². The van der Waals surface area contributed by atoms with Crippen molar-refractivity contribution in [2.24, 2.45) is 34.6 Å². The number of guanidine groups is 3. The number of Topliss-reactive ketones (excluding diaryl/α,β-unsaturated/α-hetero) is 1. The summed E-state index contributed by atoms with van der Waals surface area (Å²) in [6.45, 7) is 0.619. The molecule has 4 atom stereocenters. The zero-order valence-corrected chi connectivity index (χ0v) is 18.6. The minimum atomic E-state index is -1.03. The lowest BCUT2D eigenvalue weighted by Crippen LogP contribution is -2.52. The number of amides is 1. The molecule has 0 aromatic carbocycles. The molecule has 1 unspecified atom stereocenters. The molecule has 0 heterocycles. The highest BCUT2D eigenvalue weighted by Crippen LogP contribution is 2.13. The van der Waals surface area contributed by atoms with Gasteiger partial charge in [0.15, 0.2) is 23.7 Å². The maximum atomic E-state index is 13.2. The summed E-state index contributed by atoms with van der Waals surface area (Å²) in [5, 5.41) is 32.0. The van der Waals surface area contributed by atoms with Crippen molar-refractivity contribution in [3.63, 3.8) is 0 Å². The second kappa shape index (κ2) is 16.2. The maximum Gasteiger partial charge on any atom is 0.237 e. The molecule has 0 fully saturated rings. The standard InChI is InChI=1S/C18H37N12O3/c19-11(9-31)7-10(8-29-18(25)26)14(32)13(4-2-6-28-17(23)24)30-15(33)12(20)3-1-5-27-16(21)22/h10-13H,1-8,19-20H2,(H,30,33)(H4,21,22,27)(H4,23,24,28)(H4,25,26,29)/t10?,11-,12-,13+/m1/s1. The van der Waals surface area contributed by atoms with E-state index in [1.165, 1.54) is 0 Å². The van der Waals surface area contributed by atoms with Crippen LogP contribution >= 0.6 is 0 Å². The lowest BCUT2D eigenvalue weighted by atomic mass is 9.89. The number of carbonyl (C=O) groups is 2. The minimum Gasteiger partial charge on any atom is -0.370 e. The quantitative estimate of drug-likeness (QED) is 0.0550. The van der Waals surface area contributed by atoms with Crippen molar-refractivity contribution < 1.29 is 14.4 Å². The average molecular weight is 470 g/mol. The summed E-state index contributed by atoms with van der Waals surface area (Å²) in [7, 11) is 0. The Balaban J connectivity index is 5.26. The van der Waals surface area contributed by atoms with Gasteiger partial charge in [0, 0.05) is 25.6 Å². The molecule has 17 N–H and O–H groups in total. The predicted molar refractivity (Wildman–Crippen MR) is 125 cm³/mol. The zero-order chi connectivity index (χ0) is 25.4. The third kappa shape index (κ3) is 14.3. The maximum absolute atomic E-state index is 13.2. The first kappa shape index (κ1) is 29.5. The van der Waals surface area contributed by atoms with Crippen molar-refractivity contribution >= 4 is 35.9 Å². The average Bonchev–Trinajstić information content (AvgIpc) is 2.74. The number of ketones is 1. The molecule has 0 aromatic heterocycles. The number of rotatable bonds is 17. The van der Waals surface area contributed by atoms with E-state index in [4.69, 9.17) is 44.9 Å². The highest BCUT2D eigenvalue weighted by Gasteiger charge is 2.30. The zero-order valence-electron chi connectivity index (χ0n) is 18.6. The number of nitrogens with two attached hydrogens (primary N) is 5. The third-order valence-electron chi connectivity index (χ3n) is 4.62. The molecular weight excluding hydrogens is 432 g/mol. The van der Waals surface area contributed by atoms with E-state index in [0.29, 0.717) is 32.4 Å². The van der Waals surface area contributed by atoms with E-state index in [-0.39, 0.29) is 37.3 Å². The largest absolute Gasteiger partial charge is 0.370 e. The number of hydrogen-bond donors (Lipinski definition) is 12. The number of carbonyl (C=O) groups excluding carboxylic acids is 3. The van der Waals surface area contributed by atoms with Crippen molar-refractivity contribution in [3.05, 3.63) is 0 Å². The molecule has 187 valence electrons. The Labute approximate surface area is 192 Å². The Morgan fingerprint density at radius 3 is 1.85 bits per heavy atom. The molecular formula is C18H37N12O3. The smallest absolute Gasteiger partial charge is 0.237 e. The van der Waals surface area contributed by atoms with E-state index in [1.807, 2.05) is 0 Å². The lowest BCUT2D eigenvalue weighted by molar-refractivity contribution is -0.130. The molecule has 0 aliphatic heterocycles. The van der Waals surface area contributed by atoms with Gasteiger partial charge in [-0.3, -0.25) is 30.6 Å². The van der Waals surface area contributed by atoms with Crippen LogP contribution < -0.4 is 49.9 Å². The van der Waals surface area contributed by atoms with Crippen LogP contribution in [0.4, 0.5) is 0 Å². The van der Waals surface area contributed by atoms with E-state index in [1.54, 1.807) is 6.29 Å². The molecule has 0 aliphatic carbocycles. The van der Waals surface area contributed by atoms with Crippen LogP contribution in [0.3, 0.4) is 0 Å². The second-order valence-electron chi connectivity index (χ2n) is 7.49. The second-order valence-corrected chi connectivity index (χ2v) is 7.49.